The van der Waals surface area contributed by atoms with E-state index in [4.69, 9.17) is 10.5 Å². The molecular formula is C15H32N4O. The molecule has 0 aromatic carbocycles. The van der Waals surface area contributed by atoms with Crippen molar-refractivity contribution in [2.24, 2.45) is 22.6 Å². The molecule has 5 nitrogen and oxygen atoms in total. The molecule has 0 aromatic rings. The summed E-state index contributed by atoms with van der Waals surface area (Å²) >= 11 is 0. The van der Waals surface area contributed by atoms with E-state index in [9.17, 15) is 0 Å². The number of guanidine groups is 1. The SMILES string of the molecule is COCC(C)NC(N)=NCCCN1CC(C)CC(C)C1. The molecule has 0 radical (unpaired) electrons. The summed E-state index contributed by atoms with van der Waals surface area (Å²) in [6, 6.07) is 0.201. The molecule has 0 saturated carbocycles. The zero-order valence-electron chi connectivity index (χ0n) is 13.6. The lowest BCUT2D eigenvalue weighted by atomic mass is 9.92. The maximum Gasteiger partial charge on any atom is 0.188 e. The van der Waals surface area contributed by atoms with Crippen molar-refractivity contribution >= 4 is 5.96 Å². The van der Waals surface area contributed by atoms with Crippen LogP contribution in [0.15, 0.2) is 4.99 Å². The van der Waals surface area contributed by atoms with Gasteiger partial charge in [0.05, 0.1) is 6.61 Å². The number of likely N-dealkylation sites (tertiary alicyclic amines) is 1. The highest BCUT2D eigenvalue weighted by atomic mass is 16.5. The number of nitrogens with zero attached hydrogens (tertiary/aromatic N) is 2. The smallest absolute Gasteiger partial charge is 0.188 e. The average Bonchev–Trinajstić information content (AvgIpc) is 2.33. The number of aliphatic imine (C=N–C) groups is 1. The number of hydrogen-bond acceptors (Lipinski definition) is 3. The monoisotopic (exact) mass is 284 g/mol. The molecule has 1 aliphatic heterocycles. The standard InChI is InChI=1S/C15H32N4O/c1-12-8-13(2)10-19(9-12)7-5-6-17-15(16)18-14(3)11-20-4/h12-14H,5-11H2,1-4H3,(H3,16,17,18). The van der Waals surface area contributed by atoms with Crippen LogP contribution in [0.1, 0.15) is 33.6 Å². The molecule has 1 heterocycles. The van der Waals surface area contributed by atoms with Gasteiger partial charge in [0.25, 0.3) is 0 Å². The highest BCUT2D eigenvalue weighted by Gasteiger charge is 2.20. The van der Waals surface area contributed by atoms with E-state index in [0.29, 0.717) is 12.6 Å². The largest absolute Gasteiger partial charge is 0.383 e. The van der Waals surface area contributed by atoms with Crippen molar-refractivity contribution in [3.8, 4) is 0 Å². The van der Waals surface area contributed by atoms with E-state index in [1.807, 2.05) is 6.92 Å². The summed E-state index contributed by atoms with van der Waals surface area (Å²) in [7, 11) is 1.69. The van der Waals surface area contributed by atoms with Gasteiger partial charge in [-0.3, -0.25) is 4.99 Å². The summed E-state index contributed by atoms with van der Waals surface area (Å²) in [6.45, 7) is 11.7. The normalized spacial score (nSPS) is 26.5. The number of nitrogens with two attached hydrogens (primary N) is 1. The van der Waals surface area contributed by atoms with Crippen LogP contribution >= 0.6 is 0 Å². The van der Waals surface area contributed by atoms with E-state index < -0.39 is 0 Å². The van der Waals surface area contributed by atoms with E-state index in [1.165, 1.54) is 19.5 Å². The second kappa shape index (κ2) is 9.19. The van der Waals surface area contributed by atoms with Gasteiger partial charge in [-0.15, -0.1) is 0 Å². The Bertz CT molecular complexity index is 286. The molecule has 1 saturated heterocycles. The van der Waals surface area contributed by atoms with Crippen LogP contribution in [0.3, 0.4) is 0 Å². The number of rotatable bonds is 7. The lowest BCUT2D eigenvalue weighted by molar-refractivity contribution is 0.140. The first-order valence-electron chi connectivity index (χ1n) is 7.79. The quantitative estimate of drug-likeness (QED) is 0.420. The van der Waals surface area contributed by atoms with Gasteiger partial charge < -0.3 is 20.7 Å². The molecule has 0 bridgehead atoms. The van der Waals surface area contributed by atoms with E-state index in [-0.39, 0.29) is 6.04 Å². The van der Waals surface area contributed by atoms with Crippen molar-refractivity contribution in [2.75, 3.05) is 39.9 Å². The lowest BCUT2D eigenvalue weighted by Crippen LogP contribution is -2.41. The second-order valence-electron chi connectivity index (χ2n) is 6.33. The summed E-state index contributed by atoms with van der Waals surface area (Å²) in [5.74, 6) is 2.17. The molecule has 3 atom stereocenters. The van der Waals surface area contributed by atoms with Gasteiger partial charge in [0.1, 0.15) is 0 Å². The minimum atomic E-state index is 0.201. The Morgan fingerprint density at radius 2 is 2.05 bits per heavy atom. The van der Waals surface area contributed by atoms with Gasteiger partial charge in [-0.05, 0) is 38.1 Å². The molecule has 0 spiro atoms. The zero-order valence-corrected chi connectivity index (χ0v) is 13.6. The van der Waals surface area contributed by atoms with Crippen molar-refractivity contribution in [2.45, 2.75) is 39.7 Å². The predicted molar refractivity (Wildman–Crippen MR) is 85.0 cm³/mol. The van der Waals surface area contributed by atoms with Crippen LogP contribution in [0.25, 0.3) is 0 Å². The highest BCUT2D eigenvalue weighted by molar-refractivity contribution is 5.78. The molecular weight excluding hydrogens is 252 g/mol. The number of piperidine rings is 1. The van der Waals surface area contributed by atoms with Crippen LogP contribution in [-0.2, 0) is 4.74 Å². The topological polar surface area (TPSA) is 62.9 Å². The predicted octanol–water partition coefficient (Wildman–Crippen LogP) is 1.29. The molecule has 118 valence electrons. The maximum atomic E-state index is 5.84. The van der Waals surface area contributed by atoms with Crippen LogP contribution in [0.5, 0.6) is 0 Å². The Balaban J connectivity index is 2.17. The van der Waals surface area contributed by atoms with Gasteiger partial charge >= 0.3 is 0 Å². The number of ether oxygens (including phenoxy) is 1. The van der Waals surface area contributed by atoms with Crippen LogP contribution in [-0.4, -0.2) is 56.8 Å². The minimum Gasteiger partial charge on any atom is -0.383 e. The van der Waals surface area contributed by atoms with E-state index in [2.05, 4.69) is 29.1 Å². The first-order valence-corrected chi connectivity index (χ1v) is 7.79. The fourth-order valence-electron chi connectivity index (χ4n) is 3.06. The van der Waals surface area contributed by atoms with Crippen molar-refractivity contribution in [1.29, 1.82) is 0 Å². The minimum absolute atomic E-state index is 0.201. The molecule has 5 heteroatoms. The summed E-state index contributed by atoms with van der Waals surface area (Å²) in [4.78, 5) is 6.93. The number of nitrogens with one attached hydrogen (secondary N) is 1. The summed E-state index contributed by atoms with van der Waals surface area (Å²) < 4.78 is 5.05. The Hall–Kier alpha value is -0.810. The maximum absolute atomic E-state index is 5.84. The van der Waals surface area contributed by atoms with Gasteiger partial charge in [0.2, 0.25) is 0 Å². The molecule has 1 aliphatic rings. The third kappa shape index (κ3) is 7.10. The number of methoxy groups -OCH3 is 1. The average molecular weight is 284 g/mol. The van der Waals surface area contributed by atoms with Crippen molar-refractivity contribution in [3.05, 3.63) is 0 Å². The first kappa shape index (κ1) is 17.2. The molecule has 3 unspecified atom stereocenters. The zero-order chi connectivity index (χ0) is 15.0. The molecule has 0 aromatic heterocycles. The van der Waals surface area contributed by atoms with Crippen molar-refractivity contribution in [1.82, 2.24) is 10.2 Å². The Kier molecular flexibility index (Phi) is 7.92. The van der Waals surface area contributed by atoms with Crippen LogP contribution in [0.2, 0.25) is 0 Å². The van der Waals surface area contributed by atoms with E-state index >= 15 is 0 Å². The van der Waals surface area contributed by atoms with Crippen molar-refractivity contribution < 1.29 is 4.74 Å². The molecule has 1 fully saturated rings. The van der Waals surface area contributed by atoms with E-state index in [1.54, 1.807) is 7.11 Å². The van der Waals surface area contributed by atoms with Gasteiger partial charge in [0.15, 0.2) is 5.96 Å². The van der Waals surface area contributed by atoms with E-state index in [0.717, 1.165) is 31.3 Å². The van der Waals surface area contributed by atoms with Crippen LogP contribution in [0, 0.1) is 11.8 Å². The second-order valence-corrected chi connectivity index (χ2v) is 6.33. The molecule has 3 N–H and O–H groups in total. The molecule has 0 aliphatic carbocycles. The lowest BCUT2D eigenvalue weighted by Gasteiger charge is -2.34. The molecule has 20 heavy (non-hydrogen) atoms. The third-order valence-corrected chi connectivity index (χ3v) is 3.67. The summed E-state index contributed by atoms with van der Waals surface area (Å²) in [5.41, 5.74) is 5.84. The fourth-order valence-corrected chi connectivity index (χ4v) is 3.06. The first-order chi connectivity index (χ1) is 9.51. The summed E-state index contributed by atoms with van der Waals surface area (Å²) in [5, 5.41) is 3.12. The van der Waals surface area contributed by atoms with Crippen molar-refractivity contribution in [3.63, 3.8) is 0 Å². The van der Waals surface area contributed by atoms with Gasteiger partial charge in [-0.25, -0.2) is 0 Å². The third-order valence-electron chi connectivity index (χ3n) is 3.67. The van der Waals surface area contributed by atoms with Gasteiger partial charge in [-0.2, -0.15) is 0 Å². The van der Waals surface area contributed by atoms with Crippen LogP contribution in [0.4, 0.5) is 0 Å². The molecule has 1 rings (SSSR count). The summed E-state index contributed by atoms with van der Waals surface area (Å²) in [6.07, 6.45) is 2.43. The molecule has 0 amide bonds. The van der Waals surface area contributed by atoms with Crippen LogP contribution < -0.4 is 11.1 Å². The number of hydrogen-bond donors (Lipinski definition) is 2. The van der Waals surface area contributed by atoms with Gasteiger partial charge in [-0.1, -0.05) is 13.8 Å². The fraction of sp³-hybridized carbons (Fsp3) is 0.933. The van der Waals surface area contributed by atoms with Gasteiger partial charge in [0, 0.05) is 32.8 Å². The Labute approximate surface area is 124 Å². The Morgan fingerprint density at radius 3 is 2.65 bits per heavy atom. The highest BCUT2D eigenvalue weighted by Crippen LogP contribution is 2.20. The Morgan fingerprint density at radius 1 is 1.40 bits per heavy atom.